The van der Waals surface area contributed by atoms with E-state index in [-0.39, 0.29) is 23.7 Å². The van der Waals surface area contributed by atoms with E-state index in [1.165, 1.54) is 0 Å². The van der Waals surface area contributed by atoms with Crippen LogP contribution in [0.1, 0.15) is 35.5 Å². The quantitative estimate of drug-likeness (QED) is 0.259. The molecular weight excluding hydrogens is 520 g/mol. The molecule has 7 nitrogen and oxygen atoms in total. The Hall–Kier alpha value is -3.21. The second-order valence-electron chi connectivity index (χ2n) is 8.87. The molecule has 4 aromatic rings. The first-order chi connectivity index (χ1) is 18.5. The summed E-state index contributed by atoms with van der Waals surface area (Å²) in [4.78, 5) is 4.59. The predicted molar refractivity (Wildman–Crippen MR) is 147 cm³/mol. The number of hydrogen-bond donors (Lipinski definition) is 2. The highest BCUT2D eigenvalue weighted by Crippen LogP contribution is 2.39. The number of sulfonamides is 1. The number of thioether (sulfide) groups is 1. The topological polar surface area (TPSA) is 97.8 Å². The van der Waals surface area contributed by atoms with Crippen LogP contribution in [0.3, 0.4) is 0 Å². The van der Waals surface area contributed by atoms with Crippen molar-refractivity contribution in [2.75, 3.05) is 10.5 Å². The molecule has 0 aliphatic carbocycles. The summed E-state index contributed by atoms with van der Waals surface area (Å²) in [6, 6.07) is 28.9. The summed E-state index contributed by atoms with van der Waals surface area (Å²) in [5.41, 5.74) is 3.09. The fraction of sp³-hybridized carbons (Fsp3) is 0.207. The largest absolute Gasteiger partial charge is 0.392 e. The molecule has 9 heteroatoms. The fourth-order valence-electron chi connectivity index (χ4n) is 4.16. The third-order valence-corrected chi connectivity index (χ3v) is 8.63. The fourth-order valence-corrected chi connectivity index (χ4v) is 6.12. The lowest BCUT2D eigenvalue weighted by atomic mass is 10.0. The lowest BCUT2D eigenvalue weighted by Crippen LogP contribution is -2.31. The minimum absolute atomic E-state index is 0.0126. The van der Waals surface area contributed by atoms with Gasteiger partial charge in [-0.3, -0.25) is 4.72 Å². The van der Waals surface area contributed by atoms with Gasteiger partial charge in [0.2, 0.25) is 0 Å². The van der Waals surface area contributed by atoms with Crippen LogP contribution in [0.25, 0.3) is 0 Å². The first-order valence-electron chi connectivity index (χ1n) is 12.2. The SMILES string of the molecule is O=S(=O)(Nc1ccc(C2OC(CSc3ccccn3)CC(c3ccc(CO)cc3)O2)cc1)c1ccccc1. The van der Waals surface area contributed by atoms with Gasteiger partial charge in [0.05, 0.1) is 28.7 Å². The summed E-state index contributed by atoms with van der Waals surface area (Å²) >= 11 is 1.63. The standard InChI is InChI=1S/C29H28N2O5S2/c32-19-21-9-11-22(12-10-21)27-18-25(20-37-28-8-4-5-17-30-28)35-29(36-27)23-13-15-24(16-14-23)31-38(33,34)26-6-2-1-3-7-26/h1-17,25,27,29,31-32H,18-20H2. The Morgan fingerprint density at radius 3 is 2.26 bits per heavy atom. The van der Waals surface area contributed by atoms with Gasteiger partial charge in [-0.25, -0.2) is 13.4 Å². The lowest BCUT2D eigenvalue weighted by molar-refractivity contribution is -0.245. The maximum Gasteiger partial charge on any atom is 0.261 e. The van der Waals surface area contributed by atoms with Crippen LogP contribution in [0.15, 0.2) is 113 Å². The number of ether oxygens (including phenoxy) is 2. The number of anilines is 1. The molecule has 3 aromatic carbocycles. The summed E-state index contributed by atoms with van der Waals surface area (Å²) in [5.74, 6) is 0.705. The van der Waals surface area contributed by atoms with E-state index in [4.69, 9.17) is 9.47 Å². The Bertz CT molecular complexity index is 1420. The Labute approximate surface area is 226 Å². The molecule has 2 heterocycles. The molecule has 0 bridgehead atoms. The number of aromatic nitrogens is 1. The van der Waals surface area contributed by atoms with Crippen molar-refractivity contribution in [1.82, 2.24) is 4.98 Å². The molecule has 38 heavy (non-hydrogen) atoms. The average molecular weight is 549 g/mol. The van der Waals surface area contributed by atoms with Crippen LogP contribution in [-0.2, 0) is 26.1 Å². The molecule has 0 radical (unpaired) electrons. The van der Waals surface area contributed by atoms with E-state index in [2.05, 4.69) is 9.71 Å². The highest BCUT2D eigenvalue weighted by molar-refractivity contribution is 7.99. The first-order valence-corrected chi connectivity index (χ1v) is 14.7. The van der Waals surface area contributed by atoms with E-state index < -0.39 is 16.3 Å². The highest BCUT2D eigenvalue weighted by atomic mass is 32.2. The number of pyridine rings is 1. The van der Waals surface area contributed by atoms with Crippen LogP contribution < -0.4 is 4.72 Å². The number of hydrogen-bond acceptors (Lipinski definition) is 7. The van der Waals surface area contributed by atoms with E-state index in [0.717, 1.165) is 21.7 Å². The molecule has 0 saturated carbocycles. The Balaban J connectivity index is 1.33. The van der Waals surface area contributed by atoms with Gasteiger partial charge in [-0.1, -0.05) is 60.7 Å². The van der Waals surface area contributed by atoms with Crippen molar-refractivity contribution < 1.29 is 23.0 Å². The van der Waals surface area contributed by atoms with E-state index in [1.807, 2.05) is 54.6 Å². The number of nitrogens with zero attached hydrogens (tertiary/aromatic N) is 1. The normalized spacial score (nSPS) is 19.7. The predicted octanol–water partition coefficient (Wildman–Crippen LogP) is 5.71. The number of aliphatic hydroxyl groups excluding tert-OH is 1. The molecule has 3 atom stereocenters. The van der Waals surface area contributed by atoms with Gasteiger partial charge >= 0.3 is 0 Å². The van der Waals surface area contributed by atoms with Crippen molar-refractivity contribution in [3.8, 4) is 0 Å². The summed E-state index contributed by atoms with van der Waals surface area (Å²) in [6.45, 7) is -0.0126. The number of rotatable bonds is 9. The molecule has 1 saturated heterocycles. The van der Waals surface area contributed by atoms with Gasteiger partial charge in [-0.2, -0.15) is 0 Å². The molecule has 0 spiro atoms. The van der Waals surface area contributed by atoms with Crippen LogP contribution in [0.4, 0.5) is 5.69 Å². The zero-order valence-electron chi connectivity index (χ0n) is 20.5. The van der Waals surface area contributed by atoms with Gasteiger partial charge in [0, 0.05) is 29.6 Å². The molecule has 1 fully saturated rings. The molecule has 0 amide bonds. The number of nitrogens with one attached hydrogen (secondary N) is 1. The summed E-state index contributed by atoms with van der Waals surface area (Å²) in [6.07, 6.45) is 1.52. The third kappa shape index (κ3) is 6.61. The summed E-state index contributed by atoms with van der Waals surface area (Å²) in [7, 11) is -3.68. The van der Waals surface area contributed by atoms with Crippen molar-refractivity contribution in [2.24, 2.45) is 0 Å². The second kappa shape index (κ2) is 12.1. The summed E-state index contributed by atoms with van der Waals surface area (Å²) < 4.78 is 40.7. The Morgan fingerprint density at radius 1 is 0.868 bits per heavy atom. The first kappa shape index (κ1) is 26.4. The molecule has 5 rings (SSSR count). The maximum atomic E-state index is 12.7. The van der Waals surface area contributed by atoms with Crippen LogP contribution in [0.2, 0.25) is 0 Å². The van der Waals surface area contributed by atoms with Gasteiger partial charge in [-0.05, 0) is 47.5 Å². The minimum Gasteiger partial charge on any atom is -0.392 e. The van der Waals surface area contributed by atoms with Gasteiger partial charge in [0.1, 0.15) is 0 Å². The molecular formula is C29H28N2O5S2. The molecule has 1 aliphatic rings. The van der Waals surface area contributed by atoms with E-state index >= 15 is 0 Å². The highest BCUT2D eigenvalue weighted by Gasteiger charge is 2.32. The van der Waals surface area contributed by atoms with E-state index in [9.17, 15) is 13.5 Å². The maximum absolute atomic E-state index is 12.7. The third-order valence-electron chi connectivity index (χ3n) is 6.16. The molecule has 1 aliphatic heterocycles. The number of aliphatic hydroxyl groups is 1. The van der Waals surface area contributed by atoms with Gasteiger partial charge in [0.15, 0.2) is 6.29 Å². The van der Waals surface area contributed by atoms with Crippen molar-refractivity contribution >= 4 is 27.5 Å². The molecule has 3 unspecified atom stereocenters. The van der Waals surface area contributed by atoms with Crippen molar-refractivity contribution in [1.29, 1.82) is 0 Å². The Morgan fingerprint density at radius 2 is 1.58 bits per heavy atom. The summed E-state index contributed by atoms with van der Waals surface area (Å²) in [5, 5.41) is 10.3. The molecule has 2 N–H and O–H groups in total. The smallest absolute Gasteiger partial charge is 0.261 e. The van der Waals surface area contributed by atoms with Gasteiger partial charge < -0.3 is 14.6 Å². The van der Waals surface area contributed by atoms with Crippen molar-refractivity contribution in [2.45, 2.75) is 41.4 Å². The minimum atomic E-state index is -3.68. The van der Waals surface area contributed by atoms with E-state index in [1.54, 1.807) is 60.4 Å². The van der Waals surface area contributed by atoms with E-state index in [0.29, 0.717) is 17.9 Å². The van der Waals surface area contributed by atoms with Crippen LogP contribution in [0, 0.1) is 0 Å². The van der Waals surface area contributed by atoms with Crippen molar-refractivity contribution in [3.05, 3.63) is 120 Å². The molecule has 196 valence electrons. The van der Waals surface area contributed by atoms with Crippen LogP contribution >= 0.6 is 11.8 Å². The van der Waals surface area contributed by atoms with Crippen LogP contribution in [-0.4, -0.2) is 30.4 Å². The average Bonchev–Trinajstić information content (AvgIpc) is 2.97. The van der Waals surface area contributed by atoms with Gasteiger partial charge in [-0.15, -0.1) is 11.8 Å². The zero-order chi connectivity index (χ0) is 26.4. The monoisotopic (exact) mass is 548 g/mol. The second-order valence-corrected chi connectivity index (χ2v) is 11.6. The zero-order valence-corrected chi connectivity index (χ0v) is 22.1. The Kier molecular flexibility index (Phi) is 8.41. The van der Waals surface area contributed by atoms with Gasteiger partial charge in [0.25, 0.3) is 10.0 Å². The van der Waals surface area contributed by atoms with Crippen LogP contribution in [0.5, 0.6) is 0 Å². The molecule has 1 aromatic heterocycles. The lowest BCUT2D eigenvalue weighted by Gasteiger charge is -2.36. The number of benzene rings is 3. The van der Waals surface area contributed by atoms with Crippen molar-refractivity contribution in [3.63, 3.8) is 0 Å².